The fraction of sp³-hybridized carbons (Fsp3) is 0.316. The van der Waals surface area contributed by atoms with Gasteiger partial charge < -0.3 is 10.6 Å². The van der Waals surface area contributed by atoms with Crippen LogP contribution < -0.4 is 10.6 Å². The number of H-pyrrole nitrogens is 1. The van der Waals surface area contributed by atoms with Crippen LogP contribution >= 0.6 is 0 Å². The highest BCUT2D eigenvalue weighted by Gasteiger charge is 2.19. The molecule has 3 N–H and O–H groups in total. The second kappa shape index (κ2) is 8.55. The molecule has 0 aliphatic rings. The Balaban J connectivity index is 1.71. The fourth-order valence-electron chi connectivity index (χ4n) is 2.69. The molecule has 0 saturated heterocycles. The first-order valence-electron chi connectivity index (χ1n) is 8.93. The summed E-state index contributed by atoms with van der Waals surface area (Å²) in [5, 5.41) is 12.6. The van der Waals surface area contributed by atoms with E-state index >= 15 is 0 Å². The Kier molecular flexibility index (Phi) is 5.93. The molecule has 0 aromatic carbocycles. The number of carbonyl (C=O) groups is 1. The molecule has 3 aromatic rings. The smallest absolute Gasteiger partial charge is 0.289 e. The fourth-order valence-corrected chi connectivity index (χ4v) is 2.69. The lowest BCUT2D eigenvalue weighted by Gasteiger charge is -2.15. The number of aromatic amines is 1. The monoisotopic (exact) mass is 383 g/mol. The number of anilines is 1. The summed E-state index contributed by atoms with van der Waals surface area (Å²) in [5.74, 6) is -0.341. The maximum atomic E-state index is 13.9. The summed E-state index contributed by atoms with van der Waals surface area (Å²) < 4.78 is 13.9. The number of halogens is 1. The summed E-state index contributed by atoms with van der Waals surface area (Å²) in [6.07, 6.45) is 5.83. The van der Waals surface area contributed by atoms with E-state index in [9.17, 15) is 9.18 Å². The Labute approximate surface area is 162 Å². The molecule has 0 aliphatic heterocycles. The predicted molar refractivity (Wildman–Crippen MR) is 102 cm³/mol. The van der Waals surface area contributed by atoms with E-state index in [4.69, 9.17) is 0 Å². The van der Waals surface area contributed by atoms with Gasteiger partial charge in [-0.1, -0.05) is 0 Å². The third-order valence-electron chi connectivity index (χ3n) is 4.40. The molecular formula is C19H22FN7O. The molecule has 0 spiro atoms. The zero-order chi connectivity index (χ0) is 20.1. The van der Waals surface area contributed by atoms with Crippen LogP contribution in [0.25, 0.3) is 0 Å². The number of hydrogen-bond donors (Lipinski definition) is 3. The van der Waals surface area contributed by atoms with Gasteiger partial charge in [0.15, 0.2) is 0 Å². The first-order valence-corrected chi connectivity index (χ1v) is 8.93. The van der Waals surface area contributed by atoms with Crippen molar-refractivity contribution in [3.8, 4) is 0 Å². The van der Waals surface area contributed by atoms with Gasteiger partial charge >= 0.3 is 0 Å². The molecule has 9 heteroatoms. The summed E-state index contributed by atoms with van der Waals surface area (Å²) in [4.78, 5) is 25.2. The van der Waals surface area contributed by atoms with Gasteiger partial charge in [-0.25, -0.2) is 14.4 Å². The second-order valence-corrected chi connectivity index (χ2v) is 6.46. The van der Waals surface area contributed by atoms with Gasteiger partial charge in [0.2, 0.25) is 5.82 Å². The van der Waals surface area contributed by atoms with E-state index in [1.54, 1.807) is 13.1 Å². The van der Waals surface area contributed by atoms with Crippen molar-refractivity contribution < 1.29 is 9.18 Å². The Morgan fingerprint density at radius 2 is 2.14 bits per heavy atom. The summed E-state index contributed by atoms with van der Waals surface area (Å²) in [7, 11) is 0. The Bertz CT molecular complexity index is 959. The van der Waals surface area contributed by atoms with Gasteiger partial charge in [0, 0.05) is 30.2 Å². The van der Waals surface area contributed by atoms with Crippen molar-refractivity contribution in [1.82, 2.24) is 30.5 Å². The van der Waals surface area contributed by atoms with Crippen molar-refractivity contribution in [2.45, 2.75) is 33.2 Å². The van der Waals surface area contributed by atoms with Crippen LogP contribution in [-0.2, 0) is 6.42 Å². The normalized spacial score (nSPS) is 11.9. The lowest BCUT2D eigenvalue weighted by atomic mass is 10.2. The molecule has 28 heavy (non-hydrogen) atoms. The molecule has 0 unspecified atom stereocenters. The number of hydrogen-bond acceptors (Lipinski definition) is 6. The Morgan fingerprint density at radius 3 is 2.86 bits per heavy atom. The van der Waals surface area contributed by atoms with Crippen molar-refractivity contribution in [3.05, 3.63) is 64.9 Å². The number of rotatable bonds is 7. The average molecular weight is 383 g/mol. The molecule has 3 aromatic heterocycles. The maximum Gasteiger partial charge on any atom is 0.289 e. The highest BCUT2D eigenvalue weighted by molar-refractivity contribution is 5.91. The van der Waals surface area contributed by atoms with Crippen LogP contribution in [-0.4, -0.2) is 37.6 Å². The first kappa shape index (κ1) is 19.4. The number of nitrogens with one attached hydrogen (secondary N) is 3. The van der Waals surface area contributed by atoms with E-state index < -0.39 is 17.8 Å². The minimum atomic E-state index is -0.614. The van der Waals surface area contributed by atoms with Gasteiger partial charge in [-0.2, -0.15) is 5.10 Å². The standard InChI is InChI=1S/C19H22FN7O/c1-11-12(2)25-18(27-17(11)22-8-6-14-9-23-24-10-14)19(28)26-13(3)16-15(20)5-4-7-21-16/h4-5,7,9-10,13H,6,8H2,1-3H3,(H,23,24)(H,26,28)(H,22,25,27)/t13-/m1/s1. The average Bonchev–Trinajstić information content (AvgIpc) is 3.18. The quantitative estimate of drug-likeness (QED) is 0.578. The lowest BCUT2D eigenvalue weighted by Crippen LogP contribution is -2.30. The van der Waals surface area contributed by atoms with Crippen molar-refractivity contribution in [1.29, 1.82) is 0 Å². The molecule has 1 amide bonds. The molecule has 146 valence electrons. The molecule has 1 atom stereocenters. The SMILES string of the molecule is Cc1nc(C(=O)N[C@H](C)c2ncccc2F)nc(NCCc2cn[nH]c2)c1C. The molecule has 0 bridgehead atoms. The zero-order valence-corrected chi connectivity index (χ0v) is 16.0. The highest BCUT2D eigenvalue weighted by atomic mass is 19.1. The van der Waals surface area contributed by atoms with Crippen molar-refractivity contribution in [2.75, 3.05) is 11.9 Å². The van der Waals surface area contributed by atoms with E-state index in [1.165, 1.54) is 18.3 Å². The summed E-state index contributed by atoms with van der Waals surface area (Å²) in [6, 6.07) is 2.19. The van der Waals surface area contributed by atoms with Crippen LogP contribution in [0.1, 0.15) is 46.1 Å². The van der Waals surface area contributed by atoms with E-state index in [0.29, 0.717) is 18.1 Å². The van der Waals surface area contributed by atoms with Crippen molar-refractivity contribution in [3.63, 3.8) is 0 Å². The van der Waals surface area contributed by atoms with Crippen LogP contribution in [0, 0.1) is 19.7 Å². The van der Waals surface area contributed by atoms with Crippen LogP contribution in [0.5, 0.6) is 0 Å². The molecular weight excluding hydrogens is 361 g/mol. The molecule has 0 saturated carbocycles. The van der Waals surface area contributed by atoms with E-state index in [0.717, 1.165) is 17.5 Å². The van der Waals surface area contributed by atoms with Gasteiger partial charge in [0.1, 0.15) is 11.6 Å². The predicted octanol–water partition coefficient (Wildman–Crippen LogP) is 2.50. The van der Waals surface area contributed by atoms with Crippen LogP contribution in [0.15, 0.2) is 30.7 Å². The van der Waals surface area contributed by atoms with Gasteiger partial charge in [-0.15, -0.1) is 0 Å². The minimum absolute atomic E-state index is 0.0251. The Hall–Kier alpha value is -3.36. The molecule has 3 rings (SSSR count). The zero-order valence-electron chi connectivity index (χ0n) is 16.0. The lowest BCUT2D eigenvalue weighted by molar-refractivity contribution is 0.0927. The largest absolute Gasteiger partial charge is 0.369 e. The minimum Gasteiger partial charge on any atom is -0.369 e. The van der Waals surface area contributed by atoms with E-state index in [2.05, 4.69) is 35.8 Å². The summed E-state index contributed by atoms with van der Waals surface area (Å²) >= 11 is 0. The molecule has 3 heterocycles. The first-order chi connectivity index (χ1) is 13.5. The topological polar surface area (TPSA) is 108 Å². The van der Waals surface area contributed by atoms with Crippen molar-refractivity contribution in [2.24, 2.45) is 0 Å². The van der Waals surface area contributed by atoms with Gasteiger partial charge in [-0.3, -0.25) is 14.9 Å². The van der Waals surface area contributed by atoms with Gasteiger partial charge in [-0.05, 0) is 44.9 Å². The number of aromatic nitrogens is 5. The number of pyridine rings is 1. The van der Waals surface area contributed by atoms with Gasteiger partial charge in [0.25, 0.3) is 5.91 Å². The number of nitrogens with zero attached hydrogens (tertiary/aromatic N) is 4. The molecule has 0 radical (unpaired) electrons. The maximum absolute atomic E-state index is 13.9. The van der Waals surface area contributed by atoms with E-state index in [1.807, 2.05) is 20.0 Å². The third-order valence-corrected chi connectivity index (χ3v) is 4.40. The van der Waals surface area contributed by atoms with Crippen LogP contribution in [0.2, 0.25) is 0 Å². The van der Waals surface area contributed by atoms with Crippen molar-refractivity contribution >= 4 is 11.7 Å². The molecule has 8 nitrogen and oxygen atoms in total. The number of amides is 1. The number of carbonyl (C=O) groups excluding carboxylic acids is 1. The third kappa shape index (κ3) is 4.48. The van der Waals surface area contributed by atoms with Gasteiger partial charge in [0.05, 0.1) is 17.9 Å². The van der Waals surface area contributed by atoms with Crippen LogP contribution in [0.4, 0.5) is 10.2 Å². The summed E-state index contributed by atoms with van der Waals surface area (Å²) in [5.41, 5.74) is 2.80. The second-order valence-electron chi connectivity index (χ2n) is 6.46. The van der Waals surface area contributed by atoms with Crippen LogP contribution in [0.3, 0.4) is 0 Å². The molecule has 0 aliphatic carbocycles. The Morgan fingerprint density at radius 1 is 1.32 bits per heavy atom. The summed E-state index contributed by atoms with van der Waals surface area (Å²) in [6.45, 7) is 6.00. The highest BCUT2D eigenvalue weighted by Crippen LogP contribution is 2.17. The molecule has 0 fully saturated rings. The van der Waals surface area contributed by atoms with E-state index in [-0.39, 0.29) is 11.5 Å². The number of aryl methyl sites for hydroxylation is 1.